The topological polar surface area (TPSA) is 20.2 Å². The molecule has 0 rings (SSSR count). The molecule has 0 aliphatic rings. The maximum absolute atomic E-state index is 8.61. The van der Waals surface area contributed by atoms with Gasteiger partial charge in [-0.1, -0.05) is 77.6 Å². The number of hydrogen-bond acceptors (Lipinski definition) is 1. The first-order chi connectivity index (χ1) is 7.41. The van der Waals surface area contributed by atoms with E-state index in [1.165, 1.54) is 70.6 Å². The first kappa shape index (κ1) is 19.3. The summed E-state index contributed by atoms with van der Waals surface area (Å²) in [7, 11) is 0. The number of hydrogen-bond donors (Lipinski definition) is 1. The minimum absolute atomic E-state index is 0. The van der Waals surface area contributed by atoms with E-state index in [1.54, 1.807) is 0 Å². The van der Waals surface area contributed by atoms with Crippen LogP contribution >= 0.6 is 0 Å². The van der Waals surface area contributed by atoms with Crippen LogP contribution in [0.4, 0.5) is 0 Å². The third kappa shape index (κ3) is 17.4. The second-order valence-electron chi connectivity index (χ2n) is 4.61. The second kappa shape index (κ2) is 18.3. The molecule has 1 nitrogen and oxygen atoms in total. The summed E-state index contributed by atoms with van der Waals surface area (Å²) in [5, 5.41) is 8.61. The van der Waals surface area contributed by atoms with Gasteiger partial charge in [-0.2, -0.15) is 0 Å². The standard InChI is InChI=1S/C14H30O.Na.H/c1-2-3-4-5-6-7-8-9-10-11-12-13-14-15;;/h15H,2-14H2,1H3;;. The molecule has 0 aromatic carbocycles. The molecule has 1 N–H and O–H groups in total. The van der Waals surface area contributed by atoms with Gasteiger partial charge in [-0.25, -0.2) is 0 Å². The SMILES string of the molecule is CCCCCCCCCCCCCCO.[NaH]. The van der Waals surface area contributed by atoms with Crippen molar-refractivity contribution < 1.29 is 5.11 Å². The average molecular weight is 238 g/mol. The van der Waals surface area contributed by atoms with Gasteiger partial charge in [-0.05, 0) is 6.42 Å². The summed E-state index contributed by atoms with van der Waals surface area (Å²) in [6.45, 7) is 2.64. The van der Waals surface area contributed by atoms with Crippen LogP contribution in [-0.2, 0) is 0 Å². The first-order valence-electron chi connectivity index (χ1n) is 7.02. The van der Waals surface area contributed by atoms with Gasteiger partial charge in [-0.3, -0.25) is 0 Å². The van der Waals surface area contributed by atoms with Crippen molar-refractivity contribution in [3.05, 3.63) is 0 Å². The van der Waals surface area contributed by atoms with E-state index in [2.05, 4.69) is 6.92 Å². The predicted octanol–water partition coefficient (Wildman–Crippen LogP) is 4.03. The molecule has 0 unspecified atom stereocenters. The van der Waals surface area contributed by atoms with Crippen molar-refractivity contribution in [2.24, 2.45) is 0 Å². The summed E-state index contributed by atoms with van der Waals surface area (Å²) in [5.41, 5.74) is 0. The predicted molar refractivity (Wildman–Crippen MR) is 75.3 cm³/mol. The van der Waals surface area contributed by atoms with Gasteiger partial charge in [0.2, 0.25) is 0 Å². The van der Waals surface area contributed by atoms with Gasteiger partial charge in [0.25, 0.3) is 0 Å². The molecule has 0 saturated carbocycles. The van der Waals surface area contributed by atoms with Crippen LogP contribution in [0.25, 0.3) is 0 Å². The van der Waals surface area contributed by atoms with Crippen molar-refractivity contribution >= 4 is 29.6 Å². The van der Waals surface area contributed by atoms with Crippen LogP contribution in [0.5, 0.6) is 0 Å². The number of unbranched alkanes of at least 4 members (excludes halogenated alkanes) is 11. The van der Waals surface area contributed by atoms with Crippen LogP contribution < -0.4 is 0 Å². The summed E-state index contributed by atoms with van der Waals surface area (Å²) >= 11 is 0. The van der Waals surface area contributed by atoms with Gasteiger partial charge in [0.1, 0.15) is 0 Å². The van der Waals surface area contributed by atoms with E-state index in [1.807, 2.05) is 0 Å². The Bertz CT molecular complexity index is 94.9. The van der Waals surface area contributed by atoms with E-state index < -0.39 is 0 Å². The fourth-order valence-corrected chi connectivity index (χ4v) is 1.95. The van der Waals surface area contributed by atoms with E-state index in [0.29, 0.717) is 6.61 Å². The zero-order chi connectivity index (χ0) is 11.2. The minimum atomic E-state index is 0. The summed E-state index contributed by atoms with van der Waals surface area (Å²) < 4.78 is 0. The molecule has 0 heterocycles. The molecule has 0 bridgehead atoms. The Hall–Kier alpha value is 0.960. The van der Waals surface area contributed by atoms with Gasteiger partial charge in [0.05, 0.1) is 0 Å². The Balaban J connectivity index is 0. The molecule has 0 amide bonds. The quantitative estimate of drug-likeness (QED) is 0.402. The van der Waals surface area contributed by atoms with Crippen LogP contribution in [0.1, 0.15) is 84.0 Å². The average Bonchev–Trinajstić information content (AvgIpc) is 2.26. The van der Waals surface area contributed by atoms with Gasteiger partial charge in [0.15, 0.2) is 0 Å². The summed E-state index contributed by atoms with van der Waals surface area (Å²) in [5.74, 6) is 0. The molecule has 0 aliphatic heterocycles. The van der Waals surface area contributed by atoms with Crippen molar-refractivity contribution in [3.63, 3.8) is 0 Å². The molecule has 0 aromatic heterocycles. The number of rotatable bonds is 12. The fraction of sp³-hybridized carbons (Fsp3) is 1.00. The Morgan fingerprint density at radius 2 is 0.875 bits per heavy atom. The first-order valence-corrected chi connectivity index (χ1v) is 7.02. The van der Waals surface area contributed by atoms with Gasteiger partial charge in [0, 0.05) is 6.61 Å². The van der Waals surface area contributed by atoms with Crippen LogP contribution in [0, 0.1) is 0 Å². The molecule has 16 heavy (non-hydrogen) atoms. The maximum atomic E-state index is 8.61. The summed E-state index contributed by atoms with van der Waals surface area (Å²) in [6.07, 6.45) is 16.2. The van der Waals surface area contributed by atoms with Crippen LogP contribution in [0.15, 0.2) is 0 Å². The fourth-order valence-electron chi connectivity index (χ4n) is 1.95. The van der Waals surface area contributed by atoms with Gasteiger partial charge >= 0.3 is 29.6 Å². The molecule has 0 saturated heterocycles. The van der Waals surface area contributed by atoms with Crippen molar-refractivity contribution in [3.8, 4) is 0 Å². The Labute approximate surface area is 125 Å². The molecule has 0 atom stereocenters. The molecule has 0 radical (unpaired) electrons. The second-order valence-corrected chi connectivity index (χ2v) is 4.61. The monoisotopic (exact) mass is 238 g/mol. The summed E-state index contributed by atoms with van der Waals surface area (Å²) in [6, 6.07) is 0. The van der Waals surface area contributed by atoms with Crippen molar-refractivity contribution in [2.45, 2.75) is 84.0 Å². The van der Waals surface area contributed by atoms with Gasteiger partial charge < -0.3 is 5.11 Å². The summed E-state index contributed by atoms with van der Waals surface area (Å²) in [4.78, 5) is 0. The van der Waals surface area contributed by atoms with Crippen LogP contribution in [0.2, 0.25) is 0 Å². The Morgan fingerprint density at radius 1 is 0.562 bits per heavy atom. The van der Waals surface area contributed by atoms with E-state index in [-0.39, 0.29) is 29.6 Å². The molecule has 94 valence electrons. The molecule has 2 heteroatoms. The van der Waals surface area contributed by atoms with Crippen LogP contribution in [-0.4, -0.2) is 41.3 Å². The van der Waals surface area contributed by atoms with E-state index in [4.69, 9.17) is 5.11 Å². The van der Waals surface area contributed by atoms with Gasteiger partial charge in [-0.15, -0.1) is 0 Å². The third-order valence-corrected chi connectivity index (χ3v) is 3.01. The van der Waals surface area contributed by atoms with Crippen LogP contribution in [0.3, 0.4) is 0 Å². The number of aliphatic hydroxyl groups excluding tert-OH is 1. The number of aliphatic hydroxyl groups is 1. The molecule has 0 aromatic rings. The van der Waals surface area contributed by atoms with E-state index >= 15 is 0 Å². The Kier molecular flexibility index (Phi) is 22.1. The zero-order valence-electron chi connectivity index (χ0n) is 10.6. The van der Waals surface area contributed by atoms with Crippen molar-refractivity contribution in [1.82, 2.24) is 0 Å². The third-order valence-electron chi connectivity index (χ3n) is 3.01. The molecular formula is C14H31NaO. The van der Waals surface area contributed by atoms with Crippen molar-refractivity contribution in [1.29, 1.82) is 0 Å². The van der Waals surface area contributed by atoms with E-state index in [0.717, 1.165) is 6.42 Å². The molecule has 0 fully saturated rings. The zero-order valence-corrected chi connectivity index (χ0v) is 10.6. The molecule has 0 aliphatic carbocycles. The van der Waals surface area contributed by atoms with Crippen molar-refractivity contribution in [2.75, 3.05) is 6.61 Å². The van der Waals surface area contributed by atoms with E-state index in [9.17, 15) is 0 Å². The normalized spacial score (nSPS) is 10.1. The molecular weight excluding hydrogens is 207 g/mol. The molecule has 0 spiro atoms. The Morgan fingerprint density at radius 3 is 1.19 bits per heavy atom.